The van der Waals surface area contributed by atoms with Crippen molar-refractivity contribution in [1.29, 1.82) is 0 Å². The zero-order valence-electron chi connectivity index (χ0n) is 11.4. The molecular formula is C14H24N2O. The summed E-state index contributed by atoms with van der Waals surface area (Å²) in [6.07, 6.45) is 1.16. The van der Waals surface area contributed by atoms with E-state index in [1.54, 1.807) is 7.11 Å². The molecule has 96 valence electrons. The summed E-state index contributed by atoms with van der Waals surface area (Å²) in [6, 6.07) is 6.50. The molecule has 0 heterocycles. The number of hydrogen-bond donors (Lipinski definition) is 1. The number of rotatable bonds is 6. The third-order valence-corrected chi connectivity index (χ3v) is 3.35. The topological polar surface area (TPSA) is 38.5 Å². The molecule has 0 aliphatic heterocycles. The molecule has 0 fully saturated rings. The van der Waals surface area contributed by atoms with Gasteiger partial charge in [0.25, 0.3) is 0 Å². The lowest BCUT2D eigenvalue weighted by Gasteiger charge is -2.27. The van der Waals surface area contributed by atoms with Gasteiger partial charge in [-0.3, -0.25) is 4.90 Å². The van der Waals surface area contributed by atoms with E-state index in [0.29, 0.717) is 6.04 Å². The number of hydrogen-bond acceptors (Lipinski definition) is 3. The molecule has 3 nitrogen and oxygen atoms in total. The van der Waals surface area contributed by atoms with E-state index in [1.807, 2.05) is 12.1 Å². The van der Waals surface area contributed by atoms with Gasteiger partial charge in [0.1, 0.15) is 5.75 Å². The Morgan fingerprint density at radius 3 is 2.53 bits per heavy atom. The lowest BCUT2D eigenvalue weighted by Crippen LogP contribution is -2.32. The van der Waals surface area contributed by atoms with Crippen LogP contribution in [-0.2, 0) is 6.54 Å². The summed E-state index contributed by atoms with van der Waals surface area (Å²) in [5.74, 6) is 0.817. The molecule has 0 aliphatic rings. The highest BCUT2D eigenvalue weighted by Crippen LogP contribution is 2.21. The molecule has 1 atom stereocenters. The van der Waals surface area contributed by atoms with Crippen LogP contribution < -0.4 is 10.5 Å². The maximum absolute atomic E-state index is 6.03. The second kappa shape index (κ2) is 6.50. The fourth-order valence-electron chi connectivity index (χ4n) is 1.90. The SMILES string of the molecule is CCC(C)N(CC)Cc1ccc(OC)cc1N. The van der Waals surface area contributed by atoms with Crippen molar-refractivity contribution in [3.63, 3.8) is 0 Å². The van der Waals surface area contributed by atoms with Gasteiger partial charge in [-0.15, -0.1) is 0 Å². The molecule has 17 heavy (non-hydrogen) atoms. The zero-order chi connectivity index (χ0) is 12.8. The largest absolute Gasteiger partial charge is 0.497 e. The fourth-order valence-corrected chi connectivity index (χ4v) is 1.90. The Hall–Kier alpha value is -1.22. The Morgan fingerprint density at radius 1 is 1.35 bits per heavy atom. The van der Waals surface area contributed by atoms with Crippen LogP contribution in [0.15, 0.2) is 18.2 Å². The molecule has 1 aromatic rings. The van der Waals surface area contributed by atoms with Gasteiger partial charge < -0.3 is 10.5 Å². The quantitative estimate of drug-likeness (QED) is 0.772. The van der Waals surface area contributed by atoms with Gasteiger partial charge in [-0.1, -0.05) is 19.9 Å². The molecule has 0 bridgehead atoms. The first kappa shape index (κ1) is 13.8. The highest BCUT2D eigenvalue weighted by Gasteiger charge is 2.12. The Morgan fingerprint density at radius 2 is 2.06 bits per heavy atom. The normalized spacial score (nSPS) is 12.8. The summed E-state index contributed by atoms with van der Waals surface area (Å²) in [4.78, 5) is 2.43. The zero-order valence-corrected chi connectivity index (χ0v) is 11.4. The molecule has 1 unspecified atom stereocenters. The van der Waals surface area contributed by atoms with Gasteiger partial charge in [-0.25, -0.2) is 0 Å². The molecule has 0 aromatic heterocycles. The standard InChI is InChI=1S/C14H24N2O/c1-5-11(3)16(6-2)10-12-7-8-13(17-4)9-14(12)15/h7-9,11H,5-6,10,15H2,1-4H3. The van der Waals surface area contributed by atoms with Crippen molar-refractivity contribution in [3.05, 3.63) is 23.8 Å². The molecule has 0 spiro atoms. The molecular weight excluding hydrogens is 212 g/mol. The van der Waals surface area contributed by atoms with Crippen LogP contribution in [0.3, 0.4) is 0 Å². The van der Waals surface area contributed by atoms with Crippen LogP contribution in [-0.4, -0.2) is 24.6 Å². The van der Waals surface area contributed by atoms with Crippen molar-refractivity contribution in [2.45, 2.75) is 39.8 Å². The molecule has 1 aromatic carbocycles. The monoisotopic (exact) mass is 236 g/mol. The number of nitrogens with zero attached hydrogens (tertiary/aromatic N) is 1. The molecule has 2 N–H and O–H groups in total. The molecule has 0 amide bonds. The highest BCUT2D eigenvalue weighted by atomic mass is 16.5. The van der Waals surface area contributed by atoms with Crippen LogP contribution in [0.5, 0.6) is 5.75 Å². The second-order valence-electron chi connectivity index (χ2n) is 4.39. The minimum atomic E-state index is 0.585. The molecule has 0 radical (unpaired) electrons. The minimum absolute atomic E-state index is 0.585. The van der Waals surface area contributed by atoms with Gasteiger partial charge in [0.2, 0.25) is 0 Å². The summed E-state index contributed by atoms with van der Waals surface area (Å²) in [6.45, 7) is 8.60. The molecule has 3 heteroatoms. The van der Waals surface area contributed by atoms with Gasteiger partial charge in [0.05, 0.1) is 7.11 Å². The van der Waals surface area contributed by atoms with Gasteiger partial charge in [-0.2, -0.15) is 0 Å². The number of benzene rings is 1. The Balaban J connectivity index is 2.79. The third kappa shape index (κ3) is 3.63. The van der Waals surface area contributed by atoms with Gasteiger partial charge in [0.15, 0.2) is 0 Å². The van der Waals surface area contributed by atoms with Crippen molar-refractivity contribution in [3.8, 4) is 5.75 Å². The van der Waals surface area contributed by atoms with E-state index < -0.39 is 0 Å². The first-order chi connectivity index (χ1) is 8.12. The number of nitrogen functional groups attached to an aromatic ring is 1. The van der Waals surface area contributed by atoms with E-state index in [4.69, 9.17) is 10.5 Å². The summed E-state index contributed by atoms with van der Waals surface area (Å²) in [7, 11) is 1.66. The van der Waals surface area contributed by atoms with Crippen molar-refractivity contribution >= 4 is 5.69 Å². The van der Waals surface area contributed by atoms with E-state index in [1.165, 1.54) is 5.56 Å². The minimum Gasteiger partial charge on any atom is -0.497 e. The average Bonchev–Trinajstić information content (AvgIpc) is 2.36. The summed E-state index contributed by atoms with van der Waals surface area (Å²) >= 11 is 0. The second-order valence-corrected chi connectivity index (χ2v) is 4.39. The van der Waals surface area contributed by atoms with E-state index in [-0.39, 0.29) is 0 Å². The van der Waals surface area contributed by atoms with E-state index in [2.05, 4.69) is 31.7 Å². The predicted molar refractivity (Wildman–Crippen MR) is 73.2 cm³/mol. The summed E-state index contributed by atoms with van der Waals surface area (Å²) in [5.41, 5.74) is 8.02. The highest BCUT2D eigenvalue weighted by molar-refractivity contribution is 5.51. The molecule has 0 saturated heterocycles. The molecule has 1 rings (SSSR count). The van der Waals surface area contributed by atoms with Crippen molar-refractivity contribution in [1.82, 2.24) is 4.90 Å². The molecule has 0 saturated carbocycles. The number of anilines is 1. The van der Waals surface area contributed by atoms with Crippen molar-refractivity contribution in [2.75, 3.05) is 19.4 Å². The third-order valence-electron chi connectivity index (χ3n) is 3.35. The van der Waals surface area contributed by atoms with Gasteiger partial charge in [0, 0.05) is 24.3 Å². The van der Waals surface area contributed by atoms with E-state index in [9.17, 15) is 0 Å². The predicted octanol–water partition coefficient (Wildman–Crippen LogP) is 2.90. The average molecular weight is 236 g/mol. The summed E-state index contributed by atoms with van der Waals surface area (Å²) in [5, 5.41) is 0. The maximum Gasteiger partial charge on any atom is 0.120 e. The first-order valence-corrected chi connectivity index (χ1v) is 6.28. The van der Waals surface area contributed by atoms with Crippen LogP contribution in [0.4, 0.5) is 5.69 Å². The fraction of sp³-hybridized carbons (Fsp3) is 0.571. The van der Waals surface area contributed by atoms with Crippen LogP contribution in [0, 0.1) is 0 Å². The first-order valence-electron chi connectivity index (χ1n) is 6.28. The number of methoxy groups -OCH3 is 1. The Kier molecular flexibility index (Phi) is 5.29. The van der Waals surface area contributed by atoms with Crippen LogP contribution in [0.2, 0.25) is 0 Å². The lowest BCUT2D eigenvalue weighted by molar-refractivity contribution is 0.206. The van der Waals surface area contributed by atoms with E-state index >= 15 is 0 Å². The maximum atomic E-state index is 6.03. The number of nitrogens with two attached hydrogens (primary N) is 1. The molecule has 0 aliphatic carbocycles. The number of ether oxygens (including phenoxy) is 1. The van der Waals surface area contributed by atoms with Crippen LogP contribution in [0.25, 0.3) is 0 Å². The van der Waals surface area contributed by atoms with Crippen LogP contribution in [0.1, 0.15) is 32.8 Å². The van der Waals surface area contributed by atoms with Gasteiger partial charge >= 0.3 is 0 Å². The van der Waals surface area contributed by atoms with Crippen LogP contribution >= 0.6 is 0 Å². The summed E-state index contributed by atoms with van der Waals surface area (Å²) < 4.78 is 5.16. The van der Waals surface area contributed by atoms with Crippen molar-refractivity contribution < 1.29 is 4.74 Å². The lowest BCUT2D eigenvalue weighted by atomic mass is 10.1. The van der Waals surface area contributed by atoms with Crippen molar-refractivity contribution in [2.24, 2.45) is 0 Å². The van der Waals surface area contributed by atoms with E-state index in [0.717, 1.165) is 30.9 Å². The Labute approximate surface area is 105 Å². The van der Waals surface area contributed by atoms with Gasteiger partial charge in [-0.05, 0) is 31.5 Å². The smallest absolute Gasteiger partial charge is 0.120 e. The Bertz CT molecular complexity index is 352.